The van der Waals surface area contributed by atoms with E-state index in [1.807, 2.05) is 7.11 Å². The molecule has 1 aliphatic heterocycles. The molecule has 1 fully saturated rings. The summed E-state index contributed by atoms with van der Waals surface area (Å²) in [6.45, 7) is 15.2. The summed E-state index contributed by atoms with van der Waals surface area (Å²) >= 11 is 0. The topological polar surface area (TPSA) is 33.5 Å². The van der Waals surface area contributed by atoms with Crippen LogP contribution in [-0.4, -0.2) is 65.5 Å². The molecule has 5 heteroatoms. The molecular formula is C27H42N4O. The average Bonchev–Trinajstić information content (AvgIpc) is 3.34. The molecule has 0 radical (unpaired) electrons. The van der Waals surface area contributed by atoms with Crippen molar-refractivity contribution in [1.29, 1.82) is 0 Å². The van der Waals surface area contributed by atoms with E-state index in [0.29, 0.717) is 12.1 Å². The van der Waals surface area contributed by atoms with E-state index in [2.05, 4.69) is 66.4 Å². The van der Waals surface area contributed by atoms with Crippen LogP contribution in [-0.2, 0) is 24.1 Å². The summed E-state index contributed by atoms with van der Waals surface area (Å²) < 4.78 is 7.65. The van der Waals surface area contributed by atoms with Crippen molar-refractivity contribution in [2.45, 2.75) is 72.0 Å². The highest BCUT2D eigenvalue weighted by Gasteiger charge is 2.31. The van der Waals surface area contributed by atoms with Gasteiger partial charge in [0.1, 0.15) is 0 Å². The summed E-state index contributed by atoms with van der Waals surface area (Å²) in [4.78, 5) is 5.40. The first-order valence-corrected chi connectivity index (χ1v) is 12.5. The molecule has 0 bridgehead atoms. The van der Waals surface area contributed by atoms with Crippen molar-refractivity contribution in [3.05, 3.63) is 52.3 Å². The molecule has 1 aromatic heterocycles. The molecule has 0 saturated carbocycles. The lowest BCUT2D eigenvalue weighted by molar-refractivity contribution is 0.0842. The van der Waals surface area contributed by atoms with Crippen LogP contribution < -0.4 is 0 Å². The zero-order valence-electron chi connectivity index (χ0n) is 20.8. The zero-order valence-corrected chi connectivity index (χ0v) is 20.8. The first-order chi connectivity index (χ1) is 15.5. The van der Waals surface area contributed by atoms with Gasteiger partial charge in [0.05, 0.1) is 12.3 Å². The normalized spacial score (nSPS) is 19.9. The van der Waals surface area contributed by atoms with Crippen LogP contribution >= 0.6 is 0 Å². The molecule has 2 heterocycles. The van der Waals surface area contributed by atoms with Crippen molar-refractivity contribution in [2.75, 3.05) is 39.9 Å². The third-order valence-corrected chi connectivity index (χ3v) is 7.57. The van der Waals surface area contributed by atoms with Crippen LogP contribution in [0.5, 0.6) is 0 Å². The Labute approximate surface area is 194 Å². The maximum atomic E-state index is 5.47. The number of ether oxygens (including phenoxy) is 1. The molecule has 1 saturated heterocycles. The monoisotopic (exact) mass is 438 g/mol. The van der Waals surface area contributed by atoms with Crippen molar-refractivity contribution in [1.82, 2.24) is 19.6 Å². The Morgan fingerprint density at radius 3 is 2.50 bits per heavy atom. The molecule has 0 unspecified atom stereocenters. The highest BCUT2D eigenvalue weighted by molar-refractivity contribution is 5.33. The van der Waals surface area contributed by atoms with Crippen molar-refractivity contribution in [3.8, 4) is 0 Å². The highest BCUT2D eigenvalue weighted by Crippen LogP contribution is 2.29. The van der Waals surface area contributed by atoms with E-state index in [-0.39, 0.29) is 0 Å². The fourth-order valence-electron chi connectivity index (χ4n) is 5.84. The molecule has 1 atom stereocenters. The predicted molar refractivity (Wildman–Crippen MR) is 131 cm³/mol. The number of hydrogen-bond donors (Lipinski definition) is 0. The van der Waals surface area contributed by atoms with Crippen LogP contribution in [0.1, 0.15) is 60.8 Å². The fourth-order valence-corrected chi connectivity index (χ4v) is 5.84. The number of aromatic nitrogens is 2. The Kier molecular flexibility index (Phi) is 7.70. The van der Waals surface area contributed by atoms with Crippen molar-refractivity contribution < 1.29 is 4.74 Å². The lowest BCUT2D eigenvalue weighted by Gasteiger charge is -2.39. The lowest BCUT2D eigenvalue weighted by Crippen LogP contribution is -2.46. The van der Waals surface area contributed by atoms with Crippen molar-refractivity contribution >= 4 is 0 Å². The van der Waals surface area contributed by atoms with Crippen LogP contribution in [0, 0.1) is 19.8 Å². The second-order valence-corrected chi connectivity index (χ2v) is 10.2. The molecule has 1 aromatic carbocycles. The molecule has 4 rings (SSSR count). The third-order valence-electron chi connectivity index (χ3n) is 7.57. The van der Waals surface area contributed by atoms with Crippen LogP contribution in [0.3, 0.4) is 0 Å². The van der Waals surface area contributed by atoms with Gasteiger partial charge >= 0.3 is 0 Å². The number of aryl methyl sites for hydroxylation is 1. The molecule has 1 aliphatic carbocycles. The van der Waals surface area contributed by atoms with Gasteiger partial charge in [-0.2, -0.15) is 5.10 Å². The standard InChI is InChI=1S/C27H42N4O/c1-20(2)31-22(4)27(21(3)28-31)19-29(13-14-32-5)17-23-9-8-12-30(18-23)26-15-24-10-6-7-11-25(24)16-26/h6-7,10-11,20,23,26H,8-9,12-19H2,1-5H3/t23-/m1/s1. The van der Waals surface area contributed by atoms with Crippen LogP contribution in [0.25, 0.3) is 0 Å². The number of piperidine rings is 1. The van der Waals surface area contributed by atoms with E-state index in [4.69, 9.17) is 9.84 Å². The van der Waals surface area contributed by atoms with Crippen LogP contribution in [0.2, 0.25) is 0 Å². The number of fused-ring (bicyclic) bond motifs is 1. The Balaban J connectivity index is 1.40. The van der Waals surface area contributed by atoms with Gasteiger partial charge in [0.15, 0.2) is 0 Å². The summed E-state index contributed by atoms with van der Waals surface area (Å²) in [6, 6.07) is 10.1. The Bertz CT molecular complexity index is 865. The first-order valence-electron chi connectivity index (χ1n) is 12.5. The van der Waals surface area contributed by atoms with Gasteiger partial charge in [-0.15, -0.1) is 0 Å². The second-order valence-electron chi connectivity index (χ2n) is 10.2. The Hall–Kier alpha value is -1.69. The van der Waals surface area contributed by atoms with Crippen molar-refractivity contribution in [2.24, 2.45) is 5.92 Å². The summed E-state index contributed by atoms with van der Waals surface area (Å²) in [5, 5.41) is 4.82. The van der Waals surface area contributed by atoms with E-state index in [0.717, 1.165) is 32.2 Å². The van der Waals surface area contributed by atoms with E-state index in [9.17, 15) is 0 Å². The van der Waals surface area contributed by atoms with Crippen LogP contribution in [0.4, 0.5) is 0 Å². The number of nitrogens with zero attached hydrogens (tertiary/aromatic N) is 4. The van der Waals surface area contributed by atoms with Gasteiger partial charge in [0.25, 0.3) is 0 Å². The van der Waals surface area contributed by atoms with Gasteiger partial charge in [-0.1, -0.05) is 24.3 Å². The van der Waals surface area contributed by atoms with Crippen LogP contribution in [0.15, 0.2) is 24.3 Å². The van der Waals surface area contributed by atoms with Gasteiger partial charge in [-0.3, -0.25) is 14.5 Å². The van der Waals surface area contributed by atoms with Gasteiger partial charge in [-0.05, 0) is 77.0 Å². The maximum Gasteiger partial charge on any atom is 0.0641 e. The Morgan fingerprint density at radius 1 is 1.16 bits per heavy atom. The number of rotatable bonds is 9. The van der Waals surface area contributed by atoms with E-state index >= 15 is 0 Å². The molecular weight excluding hydrogens is 396 g/mol. The number of hydrogen-bond acceptors (Lipinski definition) is 4. The fraction of sp³-hybridized carbons (Fsp3) is 0.667. The summed E-state index contributed by atoms with van der Waals surface area (Å²) in [6.07, 6.45) is 5.11. The number of benzene rings is 1. The van der Waals surface area contributed by atoms with Gasteiger partial charge in [-0.25, -0.2) is 0 Å². The third kappa shape index (κ3) is 5.27. The minimum absolute atomic E-state index is 0.400. The molecule has 176 valence electrons. The van der Waals surface area contributed by atoms with E-state index in [1.54, 1.807) is 11.1 Å². The van der Waals surface area contributed by atoms with Gasteiger partial charge < -0.3 is 4.74 Å². The first kappa shape index (κ1) is 23.5. The molecule has 32 heavy (non-hydrogen) atoms. The molecule has 2 aliphatic rings. The zero-order chi connectivity index (χ0) is 22.7. The molecule has 0 spiro atoms. The number of methoxy groups -OCH3 is 1. The quantitative estimate of drug-likeness (QED) is 0.581. The SMILES string of the molecule is COCCN(Cc1c(C)nn(C(C)C)c1C)C[C@H]1CCCN(C2Cc3ccccc3C2)C1. The van der Waals surface area contributed by atoms with E-state index in [1.165, 1.54) is 55.7 Å². The molecule has 2 aromatic rings. The van der Waals surface area contributed by atoms with E-state index < -0.39 is 0 Å². The highest BCUT2D eigenvalue weighted by atomic mass is 16.5. The molecule has 0 amide bonds. The average molecular weight is 439 g/mol. The minimum Gasteiger partial charge on any atom is -0.383 e. The molecule has 5 nitrogen and oxygen atoms in total. The summed E-state index contributed by atoms with van der Waals surface area (Å²) in [5.74, 6) is 0.727. The molecule has 0 N–H and O–H groups in total. The second kappa shape index (κ2) is 10.5. The summed E-state index contributed by atoms with van der Waals surface area (Å²) in [7, 11) is 1.81. The maximum absolute atomic E-state index is 5.47. The predicted octanol–water partition coefficient (Wildman–Crippen LogP) is 4.41. The Morgan fingerprint density at radius 2 is 1.88 bits per heavy atom. The van der Waals surface area contributed by atoms with Crippen molar-refractivity contribution in [3.63, 3.8) is 0 Å². The largest absolute Gasteiger partial charge is 0.383 e. The summed E-state index contributed by atoms with van der Waals surface area (Å²) in [5.41, 5.74) is 7.01. The lowest BCUT2D eigenvalue weighted by atomic mass is 9.95. The van der Waals surface area contributed by atoms with Gasteiger partial charge in [0, 0.05) is 56.6 Å². The number of likely N-dealkylation sites (tertiary alicyclic amines) is 1. The minimum atomic E-state index is 0.400. The van der Waals surface area contributed by atoms with Gasteiger partial charge in [0.2, 0.25) is 0 Å². The smallest absolute Gasteiger partial charge is 0.0641 e.